The number of hydrogen-bond donors (Lipinski definition) is 1. The smallest absolute Gasteiger partial charge is 0.275 e. The Hall–Kier alpha value is -1.58. The predicted octanol–water partition coefficient (Wildman–Crippen LogP) is 1.94. The van der Waals surface area contributed by atoms with E-state index in [4.69, 9.17) is 0 Å². The maximum Gasteiger partial charge on any atom is 0.275 e. The predicted molar refractivity (Wildman–Crippen MR) is 49.7 cm³/mol. The van der Waals surface area contributed by atoms with Gasteiger partial charge >= 0.3 is 0 Å². The number of nitro groups is 1. The molecule has 1 radical (unpaired) electrons. The molecule has 1 unspecified atom stereocenters. The second-order valence-electron chi connectivity index (χ2n) is 3.07. The van der Waals surface area contributed by atoms with Crippen molar-refractivity contribution < 1.29 is 4.92 Å². The monoisotopic (exact) mass is 177 g/mol. The largest absolute Gasteiger partial charge is 0.384 e. The lowest BCUT2D eigenvalue weighted by Gasteiger charge is -2.02. The first-order chi connectivity index (χ1) is 6.20. The highest BCUT2D eigenvalue weighted by atomic mass is 16.6. The zero-order valence-electron chi connectivity index (χ0n) is 6.99. The van der Waals surface area contributed by atoms with Crippen LogP contribution >= 0.6 is 0 Å². The van der Waals surface area contributed by atoms with Crippen molar-refractivity contribution in [3.63, 3.8) is 0 Å². The van der Waals surface area contributed by atoms with Crippen LogP contribution in [0.5, 0.6) is 0 Å². The molecule has 4 nitrogen and oxygen atoms in total. The van der Waals surface area contributed by atoms with Crippen LogP contribution in [0.3, 0.4) is 0 Å². The molecule has 67 valence electrons. The molecule has 4 heteroatoms. The quantitative estimate of drug-likeness (QED) is 0.526. The van der Waals surface area contributed by atoms with E-state index in [2.05, 4.69) is 12.2 Å². The number of nitrogens with one attached hydrogen (secondary N) is 1. The van der Waals surface area contributed by atoms with Crippen LogP contribution in [0.4, 0.5) is 11.4 Å². The molecule has 0 saturated heterocycles. The van der Waals surface area contributed by atoms with Crippen LogP contribution in [0.2, 0.25) is 0 Å². The molecule has 1 aliphatic rings. The van der Waals surface area contributed by atoms with Gasteiger partial charge in [0.05, 0.1) is 10.5 Å². The minimum absolute atomic E-state index is 0.0170. The average Bonchev–Trinajstić information content (AvgIpc) is 2.48. The van der Waals surface area contributed by atoms with Gasteiger partial charge in [-0.15, -0.1) is 0 Å². The van der Waals surface area contributed by atoms with E-state index in [9.17, 15) is 10.1 Å². The Bertz CT molecular complexity index is 363. The summed E-state index contributed by atoms with van der Waals surface area (Å²) in [4.78, 5) is 10.3. The van der Waals surface area contributed by atoms with Crippen LogP contribution in [0, 0.1) is 17.0 Å². The van der Waals surface area contributed by atoms with Gasteiger partial charge in [0.15, 0.2) is 0 Å². The molecular weight excluding hydrogens is 168 g/mol. The fourth-order valence-electron chi connectivity index (χ4n) is 1.63. The second kappa shape index (κ2) is 2.73. The van der Waals surface area contributed by atoms with Crippen molar-refractivity contribution in [3.8, 4) is 0 Å². The summed E-state index contributed by atoms with van der Waals surface area (Å²) in [5.41, 5.74) is 1.74. The number of anilines is 1. The first kappa shape index (κ1) is 8.04. The molecule has 1 heterocycles. The summed E-state index contributed by atoms with van der Waals surface area (Å²) >= 11 is 0. The Labute approximate surface area is 75.7 Å². The van der Waals surface area contributed by atoms with E-state index < -0.39 is 0 Å². The molecule has 0 aromatic heterocycles. The molecule has 1 aromatic carbocycles. The summed E-state index contributed by atoms with van der Waals surface area (Å²) in [6.45, 7) is 4.54. The third kappa shape index (κ3) is 1.14. The van der Waals surface area contributed by atoms with Crippen molar-refractivity contribution in [1.82, 2.24) is 0 Å². The number of nitro benzene ring substituents is 1. The van der Waals surface area contributed by atoms with Gasteiger partial charge in [0.1, 0.15) is 0 Å². The molecule has 0 fully saturated rings. The molecular formula is C9H9N2O2. The number of rotatable bonds is 1. The molecule has 0 bridgehead atoms. The first-order valence-electron chi connectivity index (χ1n) is 4.04. The molecule has 0 amide bonds. The van der Waals surface area contributed by atoms with E-state index in [1.165, 1.54) is 6.07 Å². The zero-order valence-corrected chi connectivity index (χ0v) is 6.99. The number of hydrogen-bond acceptors (Lipinski definition) is 3. The Balaban J connectivity index is 2.60. The van der Waals surface area contributed by atoms with Crippen LogP contribution in [0.15, 0.2) is 18.2 Å². The maximum atomic E-state index is 10.7. The highest BCUT2D eigenvalue weighted by Gasteiger charge is 2.26. The molecule has 1 N–H and O–H groups in total. The molecule has 13 heavy (non-hydrogen) atoms. The fraction of sp³-hybridized carbons (Fsp3) is 0.222. The van der Waals surface area contributed by atoms with Crippen molar-refractivity contribution in [1.29, 1.82) is 0 Å². The summed E-state index contributed by atoms with van der Waals surface area (Å²) in [6, 6.07) is 5.04. The Morgan fingerprint density at radius 3 is 3.08 bits per heavy atom. The SMILES string of the molecule is [CH2]C1CNc2cccc([N+](=O)[O-])c21. The number of nitrogens with zero attached hydrogens (tertiary/aromatic N) is 1. The number of benzene rings is 1. The van der Waals surface area contributed by atoms with Crippen LogP contribution in [0.1, 0.15) is 11.5 Å². The lowest BCUT2D eigenvalue weighted by atomic mass is 10.0. The third-order valence-electron chi connectivity index (χ3n) is 2.23. The summed E-state index contributed by atoms with van der Waals surface area (Å²) in [7, 11) is 0. The van der Waals surface area contributed by atoms with E-state index in [0.29, 0.717) is 6.54 Å². The molecule has 0 saturated carbocycles. The van der Waals surface area contributed by atoms with Crippen LogP contribution < -0.4 is 5.32 Å². The van der Waals surface area contributed by atoms with Crippen molar-refractivity contribution >= 4 is 11.4 Å². The van der Waals surface area contributed by atoms with Crippen LogP contribution in [0.25, 0.3) is 0 Å². The fourth-order valence-corrected chi connectivity index (χ4v) is 1.63. The van der Waals surface area contributed by atoms with E-state index in [0.717, 1.165) is 11.3 Å². The minimum atomic E-state index is -0.357. The summed E-state index contributed by atoms with van der Waals surface area (Å²) < 4.78 is 0. The highest BCUT2D eigenvalue weighted by molar-refractivity contribution is 5.66. The van der Waals surface area contributed by atoms with Gasteiger partial charge < -0.3 is 5.32 Å². The summed E-state index contributed by atoms with van der Waals surface area (Å²) in [5, 5.41) is 13.7. The van der Waals surface area contributed by atoms with Crippen molar-refractivity contribution in [2.24, 2.45) is 0 Å². The highest BCUT2D eigenvalue weighted by Crippen LogP contribution is 2.37. The van der Waals surface area contributed by atoms with Gasteiger partial charge in [-0.25, -0.2) is 0 Å². The minimum Gasteiger partial charge on any atom is -0.384 e. The Morgan fingerprint density at radius 2 is 2.38 bits per heavy atom. The summed E-state index contributed by atoms with van der Waals surface area (Å²) in [6.07, 6.45) is 0. The third-order valence-corrected chi connectivity index (χ3v) is 2.23. The Morgan fingerprint density at radius 1 is 1.62 bits per heavy atom. The standard InChI is InChI=1S/C9H9N2O2/c1-6-5-10-7-3-2-4-8(9(6)7)11(12)13/h2-4,6,10H,1,5H2. The Kier molecular flexibility index (Phi) is 1.69. The molecule has 1 aliphatic heterocycles. The van der Waals surface area contributed by atoms with Crippen molar-refractivity contribution in [3.05, 3.63) is 40.8 Å². The lowest BCUT2D eigenvalue weighted by molar-refractivity contribution is -0.385. The normalized spacial score (nSPS) is 19.3. The topological polar surface area (TPSA) is 55.2 Å². The van der Waals surface area contributed by atoms with Crippen molar-refractivity contribution in [2.45, 2.75) is 5.92 Å². The van der Waals surface area contributed by atoms with E-state index in [-0.39, 0.29) is 16.5 Å². The lowest BCUT2D eigenvalue weighted by Crippen LogP contribution is -1.98. The molecule has 0 spiro atoms. The van der Waals surface area contributed by atoms with Crippen LogP contribution in [-0.2, 0) is 0 Å². The number of fused-ring (bicyclic) bond motifs is 1. The van der Waals surface area contributed by atoms with Gasteiger partial charge in [-0.1, -0.05) is 6.07 Å². The van der Waals surface area contributed by atoms with Crippen molar-refractivity contribution in [2.75, 3.05) is 11.9 Å². The van der Waals surface area contributed by atoms with E-state index >= 15 is 0 Å². The van der Waals surface area contributed by atoms with Gasteiger partial charge in [-0.05, 0) is 13.0 Å². The first-order valence-corrected chi connectivity index (χ1v) is 4.04. The molecule has 1 aromatic rings. The molecule has 0 aliphatic carbocycles. The zero-order chi connectivity index (χ0) is 9.42. The van der Waals surface area contributed by atoms with Crippen LogP contribution in [-0.4, -0.2) is 11.5 Å². The maximum absolute atomic E-state index is 10.7. The van der Waals surface area contributed by atoms with Gasteiger partial charge in [-0.2, -0.15) is 0 Å². The molecule has 2 rings (SSSR count). The average molecular weight is 177 g/mol. The van der Waals surface area contributed by atoms with E-state index in [1.807, 2.05) is 6.07 Å². The second-order valence-corrected chi connectivity index (χ2v) is 3.07. The summed E-state index contributed by atoms with van der Waals surface area (Å²) in [5.74, 6) is -0.0170. The van der Waals surface area contributed by atoms with Gasteiger partial charge in [0.25, 0.3) is 5.69 Å². The van der Waals surface area contributed by atoms with E-state index in [1.54, 1.807) is 6.07 Å². The van der Waals surface area contributed by atoms with Gasteiger partial charge in [0.2, 0.25) is 0 Å². The van der Waals surface area contributed by atoms with Gasteiger partial charge in [-0.3, -0.25) is 10.1 Å². The van der Waals surface area contributed by atoms with Gasteiger partial charge in [0, 0.05) is 24.2 Å². The molecule has 1 atom stereocenters.